The molecule has 0 aliphatic heterocycles. The molecule has 25 heteroatoms. The predicted molar refractivity (Wildman–Crippen MR) is 384 cm³/mol. The minimum atomic E-state index is -0.634. The fourth-order valence-electron chi connectivity index (χ4n) is 8.73. The Morgan fingerprint density at radius 3 is 1.14 bits per heavy atom. The Labute approximate surface area is 607 Å². The first-order valence-electron chi connectivity index (χ1n) is 30.2. The summed E-state index contributed by atoms with van der Waals surface area (Å²) in [5.74, 6) is -1.82. The molecule has 19 nitrogen and oxygen atoms in total. The molecule has 0 spiro atoms. The molecule has 0 saturated heterocycles. The van der Waals surface area contributed by atoms with E-state index < -0.39 is 34.9 Å². The first kappa shape index (κ1) is 75.2. The maximum atomic E-state index is 13.2. The van der Waals surface area contributed by atoms with Crippen molar-refractivity contribution in [1.29, 1.82) is 0 Å². The molecule has 0 radical (unpaired) electrons. The molecule has 0 bridgehead atoms. The minimum absolute atomic E-state index is 0.0610. The molecule has 4 N–H and O–H groups in total. The van der Waals surface area contributed by atoms with Gasteiger partial charge in [0, 0.05) is 37.5 Å². The largest absolute Gasteiger partial charge is 0.503 e. The van der Waals surface area contributed by atoms with Crippen LogP contribution >= 0.6 is 63.7 Å². The van der Waals surface area contributed by atoms with Crippen molar-refractivity contribution >= 4 is 87.5 Å². The number of amides is 2. The second-order valence-electron chi connectivity index (χ2n) is 20.9. The highest BCUT2D eigenvalue weighted by molar-refractivity contribution is 9.11. The van der Waals surface area contributed by atoms with Gasteiger partial charge in [-0.3, -0.25) is 14.4 Å². The summed E-state index contributed by atoms with van der Waals surface area (Å²) in [7, 11) is 2.61. The van der Waals surface area contributed by atoms with Crippen LogP contribution in [0.5, 0.6) is 34.5 Å². The number of carbonyl (C=O) groups excluding carboxylic acids is 4. The van der Waals surface area contributed by atoms with Crippen LogP contribution in [0.4, 0.5) is 8.78 Å². The van der Waals surface area contributed by atoms with Gasteiger partial charge in [-0.25, -0.2) is 33.3 Å². The fourth-order valence-corrected chi connectivity index (χ4v) is 10.7. The molecular formula is C75H62Br4F2N6O13. The molecule has 0 atom stereocenters. The van der Waals surface area contributed by atoms with E-state index in [1.54, 1.807) is 30.3 Å². The van der Waals surface area contributed by atoms with E-state index in [0.29, 0.717) is 60.9 Å². The van der Waals surface area contributed by atoms with Gasteiger partial charge in [0.2, 0.25) is 5.43 Å². The summed E-state index contributed by atoms with van der Waals surface area (Å²) in [5, 5.41) is 14.8. The molecule has 4 aromatic heterocycles. The molecule has 11 rings (SSSR count). The molecule has 0 aliphatic carbocycles. The highest BCUT2D eigenvalue weighted by Gasteiger charge is 2.25. The third-order valence-electron chi connectivity index (χ3n) is 13.7. The van der Waals surface area contributed by atoms with Crippen LogP contribution in [-0.2, 0) is 55.6 Å². The molecule has 0 unspecified atom stereocenters. The summed E-state index contributed by atoms with van der Waals surface area (Å²) in [6, 6.07) is 66.1. The van der Waals surface area contributed by atoms with Crippen LogP contribution in [0.1, 0.15) is 80.9 Å². The Hall–Kier alpha value is -10.6. The number of nitrogens with one attached hydrogen (secondary N) is 3. The van der Waals surface area contributed by atoms with Gasteiger partial charge in [0.1, 0.15) is 58.5 Å². The first-order chi connectivity index (χ1) is 48.4. The second kappa shape index (κ2) is 39.1. The van der Waals surface area contributed by atoms with Crippen molar-refractivity contribution in [2.24, 2.45) is 0 Å². The number of nitrogens with zero attached hydrogens (tertiary/aromatic N) is 3. The summed E-state index contributed by atoms with van der Waals surface area (Å²) in [4.78, 5) is 75.1. The molecular weight excluding hydrogens is 1550 g/mol. The Morgan fingerprint density at radius 2 is 0.750 bits per heavy atom. The number of pyridine rings is 4. The normalized spacial score (nSPS) is 10.3. The average molecular weight is 1610 g/mol. The predicted octanol–water partition coefficient (Wildman–Crippen LogP) is 16.0. The maximum absolute atomic E-state index is 13.2. The number of aromatic hydroxyl groups is 1. The van der Waals surface area contributed by atoms with Crippen LogP contribution in [0.3, 0.4) is 0 Å². The zero-order valence-corrected chi connectivity index (χ0v) is 59.7. The number of hydrogen-bond donors (Lipinski definition) is 4. The maximum Gasteiger partial charge on any atom is 0.360 e. The lowest BCUT2D eigenvalue weighted by Gasteiger charge is -2.17. The number of hydrogen-bond acceptors (Lipinski definition) is 16. The second-order valence-corrected chi connectivity index (χ2v) is 24.2. The van der Waals surface area contributed by atoms with Crippen LogP contribution in [-0.4, -0.2) is 63.0 Å². The van der Waals surface area contributed by atoms with Crippen LogP contribution in [0, 0.1) is 11.6 Å². The fraction of sp³-hybridized carbons (Fsp3) is 0.120. The Balaban J connectivity index is 0.000000174. The van der Waals surface area contributed by atoms with Crippen LogP contribution in [0.2, 0.25) is 0 Å². The molecule has 4 heterocycles. The smallest absolute Gasteiger partial charge is 0.360 e. The summed E-state index contributed by atoms with van der Waals surface area (Å²) >= 11 is 13.3. The molecule has 7 aromatic carbocycles. The lowest BCUT2D eigenvalue weighted by molar-refractivity contribution is 0.0578. The number of methoxy groups -OCH3 is 2. The molecule has 11 aromatic rings. The van der Waals surface area contributed by atoms with E-state index >= 15 is 0 Å². The zero-order valence-electron chi connectivity index (χ0n) is 53.3. The number of ether oxygens (including phenoxy) is 7. The van der Waals surface area contributed by atoms with Crippen LogP contribution < -0.4 is 39.7 Å². The monoisotopic (exact) mass is 1610 g/mol. The van der Waals surface area contributed by atoms with Crippen molar-refractivity contribution in [2.75, 3.05) is 14.2 Å². The van der Waals surface area contributed by atoms with Crippen molar-refractivity contribution in [3.63, 3.8) is 0 Å². The Kier molecular flexibility index (Phi) is 29.4. The summed E-state index contributed by atoms with van der Waals surface area (Å²) < 4.78 is 67.1. The third-order valence-corrected chi connectivity index (χ3v) is 15.5. The number of aromatic nitrogens is 4. The number of aromatic amines is 1. The van der Waals surface area contributed by atoms with E-state index in [-0.39, 0.29) is 72.2 Å². The van der Waals surface area contributed by atoms with E-state index in [1.165, 1.54) is 56.8 Å². The minimum Gasteiger partial charge on any atom is -0.503 e. The quantitative estimate of drug-likeness (QED) is 0.0343. The Bertz CT molecular complexity index is 4540. The number of carbonyl (C=O) groups is 4. The van der Waals surface area contributed by atoms with E-state index in [2.05, 4.69) is 94.3 Å². The van der Waals surface area contributed by atoms with Gasteiger partial charge in [-0.1, -0.05) is 176 Å². The van der Waals surface area contributed by atoms with Crippen molar-refractivity contribution in [1.82, 2.24) is 30.6 Å². The Morgan fingerprint density at radius 1 is 0.420 bits per heavy atom. The molecule has 512 valence electrons. The van der Waals surface area contributed by atoms with E-state index in [1.807, 2.05) is 152 Å². The van der Waals surface area contributed by atoms with Crippen molar-refractivity contribution in [3.05, 3.63) is 333 Å². The van der Waals surface area contributed by atoms with Gasteiger partial charge in [-0.2, -0.15) is 0 Å². The van der Waals surface area contributed by atoms with Crippen LogP contribution in [0.25, 0.3) is 0 Å². The molecule has 2 amide bonds. The van der Waals surface area contributed by atoms with Crippen LogP contribution in [0.15, 0.2) is 254 Å². The summed E-state index contributed by atoms with van der Waals surface area (Å²) in [5.41, 5.74) is 5.79. The highest BCUT2D eigenvalue weighted by atomic mass is 79.9. The molecule has 0 fully saturated rings. The van der Waals surface area contributed by atoms with Gasteiger partial charge in [0.05, 0.1) is 18.7 Å². The number of esters is 2. The first-order valence-corrected chi connectivity index (χ1v) is 33.4. The van der Waals surface area contributed by atoms with E-state index in [0.717, 1.165) is 39.4 Å². The summed E-state index contributed by atoms with van der Waals surface area (Å²) in [6.07, 6.45) is 1.27. The highest BCUT2D eigenvalue weighted by Crippen LogP contribution is 2.37. The number of halogens is 6. The van der Waals surface area contributed by atoms with Crippen molar-refractivity contribution < 1.29 is 66.2 Å². The molecule has 100 heavy (non-hydrogen) atoms. The van der Waals surface area contributed by atoms with E-state index in [4.69, 9.17) is 33.2 Å². The molecule has 0 saturated carbocycles. The number of benzene rings is 7. The summed E-state index contributed by atoms with van der Waals surface area (Å²) in [6.45, 7) is 1.86. The average Bonchev–Trinajstić information content (AvgIpc) is 0.841. The zero-order chi connectivity index (χ0) is 71.2. The number of rotatable bonds is 23. The topological polar surface area (TPSA) is 249 Å². The van der Waals surface area contributed by atoms with Gasteiger partial charge in [-0.05, 0) is 133 Å². The van der Waals surface area contributed by atoms with Gasteiger partial charge in [0.25, 0.3) is 11.8 Å². The van der Waals surface area contributed by atoms with Crippen molar-refractivity contribution in [3.8, 4) is 34.5 Å². The standard InChI is InChI=1S/C27H22BrFN2O3.C21H18BrNO4.C14H11Br2NO3.C13H11FN2O3/c28-24-15-23(33-17-20-7-3-1-4-8-20)26(34-18-21-9-5-2-6-10-21)25(31-24)27(32)30-16-19-11-13-22(29)14-12-19;1-25-21(24)19-20(27-14-16-10-6-3-7-11-16)17(12-18(22)23-19)26-13-15-8-4-2-5-9-15;1-19-14(18)12-13(10(15)7-11(16)17-12)20-8-9-5-3-2-4-6-9;14-9-3-1-8(2-4-9)7-16-13(19)11-12(18)10(17)5-6-15-11/h1-15H,16-18H2,(H,30,32);2-12H,13-14H2,1H3;2-7H,8H2,1H3;1-6,18H,7H2,(H,15,17)(H,16,19). The molecule has 0 aliphatic rings. The van der Waals surface area contributed by atoms with Gasteiger partial charge >= 0.3 is 11.9 Å². The lowest BCUT2D eigenvalue weighted by atomic mass is 10.2. The van der Waals surface area contributed by atoms with E-state index in [9.17, 15) is 37.9 Å². The van der Waals surface area contributed by atoms with Gasteiger partial charge < -0.3 is 53.9 Å². The van der Waals surface area contributed by atoms with Gasteiger partial charge in [-0.15, -0.1) is 0 Å². The number of H-pyrrole nitrogens is 1. The SMILES string of the molecule is COC(=O)c1nc(Br)cc(Br)c1OCc1ccccc1.COC(=O)c1nc(Br)cc(OCc2ccccc2)c1OCc1ccccc1.O=C(NCc1ccc(F)cc1)c1[nH]ccc(=O)c1O.O=C(NCc1ccc(F)cc1)c1nc(Br)cc(OCc2ccccc2)c1OCc1ccccc1. The van der Waals surface area contributed by atoms with Gasteiger partial charge in [0.15, 0.2) is 57.3 Å². The third kappa shape index (κ3) is 23.6. The van der Waals surface area contributed by atoms with Crippen molar-refractivity contribution in [2.45, 2.75) is 46.1 Å². The lowest BCUT2D eigenvalue weighted by Crippen LogP contribution is -2.25.